The molecular formula is C14H8N2OS. The Morgan fingerprint density at radius 1 is 1.17 bits per heavy atom. The highest BCUT2D eigenvalue weighted by atomic mass is 32.1. The van der Waals surface area contributed by atoms with Gasteiger partial charge in [0, 0.05) is 11.6 Å². The first-order valence-electron chi connectivity index (χ1n) is 5.34. The van der Waals surface area contributed by atoms with Crippen molar-refractivity contribution in [3.05, 3.63) is 47.5 Å². The summed E-state index contributed by atoms with van der Waals surface area (Å²) in [6, 6.07) is 12.8. The lowest BCUT2D eigenvalue weighted by atomic mass is 10.0. The minimum atomic E-state index is 0.207. The third-order valence-corrected chi connectivity index (χ3v) is 3.57. The Bertz CT molecular complexity index is 754. The highest BCUT2D eigenvalue weighted by Crippen LogP contribution is 2.34. The van der Waals surface area contributed by atoms with Crippen molar-refractivity contribution >= 4 is 21.6 Å². The molecule has 86 valence electrons. The quantitative estimate of drug-likeness (QED) is 0.720. The molecule has 4 heteroatoms. The van der Waals surface area contributed by atoms with Gasteiger partial charge in [-0.05, 0) is 23.8 Å². The normalized spacial score (nSPS) is 10.4. The minimum Gasteiger partial charge on any atom is -0.507 e. The van der Waals surface area contributed by atoms with Gasteiger partial charge in [0.05, 0.1) is 27.4 Å². The fraction of sp³-hybridized carbons (Fsp3) is 0. The van der Waals surface area contributed by atoms with E-state index in [1.54, 1.807) is 23.7 Å². The first kappa shape index (κ1) is 10.8. The number of rotatable bonds is 1. The number of thiazole rings is 1. The molecule has 0 aliphatic heterocycles. The van der Waals surface area contributed by atoms with Crippen molar-refractivity contribution in [1.82, 2.24) is 4.98 Å². The van der Waals surface area contributed by atoms with Gasteiger partial charge in [-0.1, -0.05) is 12.1 Å². The highest BCUT2D eigenvalue weighted by molar-refractivity contribution is 7.16. The van der Waals surface area contributed by atoms with E-state index in [0.717, 1.165) is 21.3 Å². The average Bonchev–Trinajstić information content (AvgIpc) is 2.85. The molecule has 0 aliphatic rings. The van der Waals surface area contributed by atoms with Gasteiger partial charge in [0.1, 0.15) is 5.75 Å². The number of hydrogen-bond acceptors (Lipinski definition) is 4. The maximum absolute atomic E-state index is 10.0. The van der Waals surface area contributed by atoms with Gasteiger partial charge in [0.25, 0.3) is 0 Å². The van der Waals surface area contributed by atoms with Gasteiger partial charge in [-0.3, -0.25) is 0 Å². The Morgan fingerprint density at radius 3 is 2.67 bits per heavy atom. The second kappa shape index (κ2) is 4.13. The summed E-state index contributed by atoms with van der Waals surface area (Å²) in [5, 5.41) is 18.8. The van der Waals surface area contributed by atoms with Crippen molar-refractivity contribution < 1.29 is 5.11 Å². The topological polar surface area (TPSA) is 56.9 Å². The second-order valence-corrected chi connectivity index (χ2v) is 4.76. The van der Waals surface area contributed by atoms with E-state index in [1.165, 1.54) is 11.3 Å². The lowest BCUT2D eigenvalue weighted by molar-refractivity contribution is 0.478. The number of phenolic OH excluding ortho intramolecular Hbond substituents is 1. The average molecular weight is 252 g/mol. The predicted molar refractivity (Wildman–Crippen MR) is 71.4 cm³/mol. The van der Waals surface area contributed by atoms with Crippen LogP contribution in [0.5, 0.6) is 5.75 Å². The molecule has 3 rings (SSSR count). The van der Waals surface area contributed by atoms with E-state index in [0.29, 0.717) is 5.56 Å². The third kappa shape index (κ3) is 1.71. The van der Waals surface area contributed by atoms with E-state index >= 15 is 0 Å². The van der Waals surface area contributed by atoms with Crippen molar-refractivity contribution in [2.24, 2.45) is 0 Å². The molecule has 0 atom stereocenters. The standard InChI is InChI=1S/C14H8N2OS/c15-7-9-1-3-10(4-2-9)11-5-14-12(6-13(11)17)16-8-18-14/h1-6,8,17H. The predicted octanol–water partition coefficient (Wildman–Crippen LogP) is 3.54. The summed E-state index contributed by atoms with van der Waals surface area (Å²) >= 11 is 1.54. The Balaban J connectivity index is 2.17. The molecule has 3 nitrogen and oxygen atoms in total. The lowest BCUT2D eigenvalue weighted by Crippen LogP contribution is -1.81. The van der Waals surface area contributed by atoms with E-state index in [4.69, 9.17) is 5.26 Å². The van der Waals surface area contributed by atoms with Crippen LogP contribution in [0.4, 0.5) is 0 Å². The fourth-order valence-corrected chi connectivity index (χ4v) is 2.55. The van der Waals surface area contributed by atoms with Gasteiger partial charge in [-0.2, -0.15) is 5.26 Å². The van der Waals surface area contributed by atoms with Crippen LogP contribution in [0.25, 0.3) is 21.3 Å². The number of benzene rings is 2. The molecule has 0 unspecified atom stereocenters. The zero-order valence-electron chi connectivity index (χ0n) is 9.29. The van der Waals surface area contributed by atoms with E-state index in [-0.39, 0.29) is 5.75 Å². The Kier molecular flexibility index (Phi) is 2.47. The van der Waals surface area contributed by atoms with Crippen LogP contribution in [0.1, 0.15) is 5.56 Å². The summed E-state index contributed by atoms with van der Waals surface area (Å²) in [6.45, 7) is 0. The summed E-state index contributed by atoms with van der Waals surface area (Å²) in [6.07, 6.45) is 0. The molecule has 0 spiro atoms. The number of fused-ring (bicyclic) bond motifs is 1. The van der Waals surface area contributed by atoms with Crippen LogP contribution >= 0.6 is 11.3 Å². The van der Waals surface area contributed by atoms with E-state index in [9.17, 15) is 5.11 Å². The number of phenols is 1. The summed E-state index contributed by atoms with van der Waals surface area (Å²) < 4.78 is 1.03. The van der Waals surface area contributed by atoms with Crippen LogP contribution in [0.3, 0.4) is 0 Å². The van der Waals surface area contributed by atoms with Gasteiger partial charge >= 0.3 is 0 Å². The highest BCUT2D eigenvalue weighted by Gasteiger charge is 2.08. The first-order chi connectivity index (χ1) is 8.78. The number of nitriles is 1. The molecule has 0 radical (unpaired) electrons. The molecule has 0 amide bonds. The van der Waals surface area contributed by atoms with E-state index < -0.39 is 0 Å². The molecular weight excluding hydrogens is 244 g/mol. The number of aromatic nitrogens is 1. The maximum Gasteiger partial charge on any atom is 0.125 e. The molecule has 0 saturated carbocycles. The smallest absolute Gasteiger partial charge is 0.125 e. The molecule has 18 heavy (non-hydrogen) atoms. The molecule has 3 aromatic rings. The summed E-state index contributed by atoms with van der Waals surface area (Å²) in [5.41, 5.74) is 4.82. The minimum absolute atomic E-state index is 0.207. The van der Waals surface area contributed by atoms with Crippen molar-refractivity contribution in [2.75, 3.05) is 0 Å². The Labute approximate surface area is 108 Å². The monoisotopic (exact) mass is 252 g/mol. The van der Waals surface area contributed by atoms with Crippen LogP contribution in [0.2, 0.25) is 0 Å². The van der Waals surface area contributed by atoms with Crippen LogP contribution in [-0.2, 0) is 0 Å². The Hall–Kier alpha value is -2.38. The molecule has 1 aromatic heterocycles. The summed E-state index contributed by atoms with van der Waals surface area (Å²) in [4.78, 5) is 4.16. The molecule has 2 aromatic carbocycles. The fourth-order valence-electron chi connectivity index (χ4n) is 1.85. The van der Waals surface area contributed by atoms with Gasteiger partial charge in [-0.25, -0.2) is 4.98 Å². The van der Waals surface area contributed by atoms with Crippen LogP contribution in [-0.4, -0.2) is 10.1 Å². The molecule has 1 N–H and O–H groups in total. The molecule has 0 bridgehead atoms. The summed E-state index contributed by atoms with van der Waals surface area (Å²) in [7, 11) is 0. The van der Waals surface area contributed by atoms with Crippen molar-refractivity contribution in [3.63, 3.8) is 0 Å². The van der Waals surface area contributed by atoms with Gasteiger partial charge in [0.2, 0.25) is 0 Å². The van der Waals surface area contributed by atoms with Crippen LogP contribution in [0.15, 0.2) is 41.9 Å². The first-order valence-corrected chi connectivity index (χ1v) is 6.22. The third-order valence-electron chi connectivity index (χ3n) is 2.77. The second-order valence-electron chi connectivity index (χ2n) is 3.88. The summed E-state index contributed by atoms with van der Waals surface area (Å²) in [5.74, 6) is 0.207. The van der Waals surface area contributed by atoms with Crippen molar-refractivity contribution in [1.29, 1.82) is 5.26 Å². The Morgan fingerprint density at radius 2 is 1.94 bits per heavy atom. The molecule has 0 aliphatic carbocycles. The zero-order chi connectivity index (χ0) is 12.5. The van der Waals surface area contributed by atoms with E-state index in [2.05, 4.69) is 11.1 Å². The molecule has 0 fully saturated rings. The maximum atomic E-state index is 10.0. The van der Waals surface area contributed by atoms with Gasteiger partial charge in [0.15, 0.2) is 0 Å². The van der Waals surface area contributed by atoms with Gasteiger partial charge < -0.3 is 5.11 Å². The SMILES string of the molecule is N#Cc1ccc(-c2cc3scnc3cc2O)cc1. The van der Waals surface area contributed by atoms with Gasteiger partial charge in [-0.15, -0.1) is 11.3 Å². The van der Waals surface area contributed by atoms with Crippen molar-refractivity contribution in [2.45, 2.75) is 0 Å². The zero-order valence-corrected chi connectivity index (χ0v) is 10.1. The number of hydrogen-bond donors (Lipinski definition) is 1. The van der Waals surface area contributed by atoms with Crippen molar-refractivity contribution in [3.8, 4) is 22.9 Å². The number of aromatic hydroxyl groups is 1. The molecule has 0 saturated heterocycles. The largest absolute Gasteiger partial charge is 0.507 e. The lowest BCUT2D eigenvalue weighted by Gasteiger charge is -2.04. The van der Waals surface area contributed by atoms with Crippen LogP contribution < -0.4 is 0 Å². The van der Waals surface area contributed by atoms with E-state index in [1.807, 2.05) is 18.2 Å². The van der Waals surface area contributed by atoms with Crippen LogP contribution in [0, 0.1) is 11.3 Å². The molecule has 1 heterocycles. The number of nitrogens with zero attached hydrogens (tertiary/aromatic N) is 2.